The molecule has 1 atom stereocenters. The summed E-state index contributed by atoms with van der Waals surface area (Å²) in [7, 11) is -1.18. The molecule has 5 N–H and O–H groups in total. The van der Waals surface area contributed by atoms with Crippen molar-refractivity contribution in [2.75, 3.05) is 10.0 Å². The molecule has 1 heterocycles. The van der Waals surface area contributed by atoms with E-state index in [0.29, 0.717) is 30.3 Å². The summed E-state index contributed by atoms with van der Waals surface area (Å²) in [5.74, 6) is 0.633. The molecule has 1 aromatic heterocycles. The second kappa shape index (κ2) is 12.4. The van der Waals surface area contributed by atoms with E-state index in [4.69, 9.17) is 4.74 Å². The zero-order chi connectivity index (χ0) is 22.1. The van der Waals surface area contributed by atoms with E-state index in [1.165, 1.54) is 0 Å². The Kier molecular flexibility index (Phi) is 9.65. The number of carbonyl (C=O) groups is 1. The zero-order valence-corrected chi connectivity index (χ0v) is 18.8. The number of urea groups is 1. The predicted molar refractivity (Wildman–Crippen MR) is 128 cm³/mol. The standard InChI is InChI=1S/C23H26N4O3S.H2O/c1-17(2)31(29)27-21-7-3-4-8-22(21)30-16-18-9-11-20(12-10-18)26-23(28)25-15-19-6-5-13-24-14-19;/h3-14,17,27H,15-16H2,1-2H3,(H2,25,26,28);1H2. The van der Waals surface area contributed by atoms with Crippen LogP contribution in [0.15, 0.2) is 73.1 Å². The van der Waals surface area contributed by atoms with E-state index in [-0.39, 0.29) is 16.8 Å². The van der Waals surface area contributed by atoms with Crippen LogP contribution in [0, 0.1) is 0 Å². The van der Waals surface area contributed by atoms with Gasteiger partial charge in [-0.1, -0.05) is 30.3 Å². The molecule has 170 valence electrons. The Morgan fingerprint density at radius 2 is 1.78 bits per heavy atom. The van der Waals surface area contributed by atoms with E-state index in [1.54, 1.807) is 12.4 Å². The summed E-state index contributed by atoms with van der Waals surface area (Å²) in [4.78, 5) is 16.1. The lowest BCUT2D eigenvalue weighted by Gasteiger charge is -2.14. The molecule has 0 aliphatic rings. The van der Waals surface area contributed by atoms with Gasteiger partial charge in [0.2, 0.25) is 0 Å². The number of benzene rings is 2. The average molecular weight is 457 g/mol. The third kappa shape index (κ3) is 7.68. The van der Waals surface area contributed by atoms with Crippen LogP contribution in [0.4, 0.5) is 16.2 Å². The van der Waals surface area contributed by atoms with Gasteiger partial charge >= 0.3 is 6.03 Å². The molecule has 32 heavy (non-hydrogen) atoms. The highest BCUT2D eigenvalue weighted by atomic mass is 32.2. The molecule has 0 aliphatic heterocycles. The molecule has 2 amide bonds. The molecular formula is C23H28N4O4S. The number of nitrogens with one attached hydrogen (secondary N) is 3. The fourth-order valence-corrected chi connectivity index (χ4v) is 3.23. The molecule has 0 aliphatic carbocycles. The summed E-state index contributed by atoms with van der Waals surface area (Å²) in [5.41, 5.74) is 3.25. The molecular weight excluding hydrogens is 428 g/mol. The topological polar surface area (TPSA) is 124 Å². The van der Waals surface area contributed by atoms with Crippen LogP contribution < -0.4 is 20.1 Å². The molecule has 3 aromatic rings. The molecule has 0 saturated carbocycles. The lowest BCUT2D eigenvalue weighted by molar-refractivity contribution is 0.251. The number of ether oxygens (including phenoxy) is 1. The maximum atomic E-state index is 12.1. The van der Waals surface area contributed by atoms with Crippen molar-refractivity contribution in [2.45, 2.75) is 32.2 Å². The van der Waals surface area contributed by atoms with Crippen molar-refractivity contribution in [3.8, 4) is 5.75 Å². The lowest BCUT2D eigenvalue weighted by Crippen LogP contribution is -2.28. The van der Waals surface area contributed by atoms with E-state index in [9.17, 15) is 9.00 Å². The van der Waals surface area contributed by atoms with Crippen LogP contribution in [-0.2, 0) is 24.1 Å². The van der Waals surface area contributed by atoms with Crippen molar-refractivity contribution in [3.63, 3.8) is 0 Å². The Morgan fingerprint density at radius 1 is 1.03 bits per heavy atom. The number of amides is 2. The van der Waals surface area contributed by atoms with Crippen molar-refractivity contribution >= 4 is 28.4 Å². The molecule has 0 spiro atoms. The smallest absolute Gasteiger partial charge is 0.319 e. The number of nitrogens with zero attached hydrogens (tertiary/aromatic N) is 1. The SMILES string of the molecule is CC(C)S(=O)Nc1ccccc1OCc1ccc(NC(=O)NCc2cccnc2)cc1.O. The van der Waals surface area contributed by atoms with Crippen LogP contribution in [0.5, 0.6) is 5.75 Å². The van der Waals surface area contributed by atoms with Gasteiger partial charge in [0.25, 0.3) is 0 Å². The molecule has 0 fully saturated rings. The van der Waals surface area contributed by atoms with Crippen LogP contribution in [0.3, 0.4) is 0 Å². The van der Waals surface area contributed by atoms with Crippen LogP contribution in [0.25, 0.3) is 0 Å². The second-order valence-electron chi connectivity index (χ2n) is 7.10. The number of hydrogen-bond donors (Lipinski definition) is 3. The summed E-state index contributed by atoms with van der Waals surface area (Å²) in [6, 6.07) is 18.3. The molecule has 0 radical (unpaired) electrons. The molecule has 3 rings (SSSR count). The van der Waals surface area contributed by atoms with Gasteiger partial charge in [-0.15, -0.1) is 0 Å². The molecule has 1 unspecified atom stereocenters. The van der Waals surface area contributed by atoms with Gasteiger partial charge in [-0.25, -0.2) is 9.00 Å². The number of para-hydroxylation sites is 2. The van der Waals surface area contributed by atoms with Crippen LogP contribution in [0.2, 0.25) is 0 Å². The first-order valence-electron chi connectivity index (χ1n) is 9.93. The van der Waals surface area contributed by atoms with Crippen LogP contribution in [0.1, 0.15) is 25.0 Å². The minimum Gasteiger partial charge on any atom is -0.487 e. The van der Waals surface area contributed by atoms with Gasteiger partial charge in [0.05, 0.1) is 5.69 Å². The maximum Gasteiger partial charge on any atom is 0.319 e. The largest absolute Gasteiger partial charge is 0.487 e. The molecule has 0 saturated heterocycles. The first-order chi connectivity index (χ1) is 15.0. The van der Waals surface area contributed by atoms with E-state index >= 15 is 0 Å². The van der Waals surface area contributed by atoms with Crippen molar-refractivity contribution in [1.29, 1.82) is 0 Å². The van der Waals surface area contributed by atoms with Gasteiger partial charge in [0.15, 0.2) is 0 Å². The number of aromatic nitrogens is 1. The van der Waals surface area contributed by atoms with Gasteiger partial charge in [0, 0.05) is 29.9 Å². The molecule has 9 heteroatoms. The third-order valence-corrected chi connectivity index (χ3v) is 5.59. The highest BCUT2D eigenvalue weighted by Crippen LogP contribution is 2.26. The first-order valence-corrected chi connectivity index (χ1v) is 11.1. The normalized spacial score (nSPS) is 11.2. The third-order valence-electron chi connectivity index (χ3n) is 4.31. The van der Waals surface area contributed by atoms with Crippen LogP contribution in [-0.4, -0.2) is 26.0 Å². The monoisotopic (exact) mass is 456 g/mol. The molecule has 0 bridgehead atoms. The van der Waals surface area contributed by atoms with Gasteiger partial charge in [0.1, 0.15) is 23.3 Å². The zero-order valence-electron chi connectivity index (χ0n) is 18.0. The van der Waals surface area contributed by atoms with E-state index in [1.807, 2.05) is 74.5 Å². The fourth-order valence-electron chi connectivity index (χ4n) is 2.61. The summed E-state index contributed by atoms with van der Waals surface area (Å²) in [6.07, 6.45) is 3.40. The summed E-state index contributed by atoms with van der Waals surface area (Å²) >= 11 is 0. The van der Waals surface area contributed by atoms with E-state index in [0.717, 1.165) is 11.1 Å². The van der Waals surface area contributed by atoms with Gasteiger partial charge in [-0.2, -0.15) is 0 Å². The first kappa shape index (κ1) is 24.8. The second-order valence-corrected chi connectivity index (χ2v) is 8.84. The van der Waals surface area contributed by atoms with Gasteiger partial charge < -0.3 is 25.6 Å². The Balaban J connectivity index is 0.00000363. The quantitative estimate of drug-likeness (QED) is 0.455. The highest BCUT2D eigenvalue weighted by molar-refractivity contribution is 7.86. The Labute approximate surface area is 190 Å². The van der Waals surface area contributed by atoms with Gasteiger partial charge in [-0.3, -0.25) is 4.98 Å². The Morgan fingerprint density at radius 3 is 2.47 bits per heavy atom. The highest BCUT2D eigenvalue weighted by Gasteiger charge is 2.09. The van der Waals surface area contributed by atoms with Crippen molar-refractivity contribution in [1.82, 2.24) is 10.3 Å². The number of anilines is 2. The minimum absolute atomic E-state index is 0. The van der Waals surface area contributed by atoms with E-state index < -0.39 is 11.0 Å². The minimum atomic E-state index is -1.18. The number of pyridine rings is 1. The van der Waals surface area contributed by atoms with Crippen molar-refractivity contribution in [2.24, 2.45) is 0 Å². The van der Waals surface area contributed by atoms with Crippen LogP contribution >= 0.6 is 0 Å². The Hall–Kier alpha value is -3.43. The van der Waals surface area contributed by atoms with Crippen molar-refractivity contribution < 1.29 is 19.2 Å². The number of carbonyl (C=O) groups excluding carboxylic acids is 1. The maximum absolute atomic E-state index is 12.1. The summed E-state index contributed by atoms with van der Waals surface area (Å²) in [5, 5.41) is 5.59. The fraction of sp³-hybridized carbons (Fsp3) is 0.217. The molecule has 2 aromatic carbocycles. The average Bonchev–Trinajstić information content (AvgIpc) is 2.78. The van der Waals surface area contributed by atoms with Gasteiger partial charge in [-0.05, 0) is 55.3 Å². The number of rotatable bonds is 9. The van der Waals surface area contributed by atoms with E-state index in [2.05, 4.69) is 20.3 Å². The number of hydrogen-bond acceptors (Lipinski definition) is 4. The Bertz CT molecular complexity index is 1010. The molecule has 8 nitrogen and oxygen atoms in total. The summed E-state index contributed by atoms with van der Waals surface area (Å²) < 4.78 is 21.0. The van der Waals surface area contributed by atoms with Crippen molar-refractivity contribution in [3.05, 3.63) is 84.2 Å². The predicted octanol–water partition coefficient (Wildman–Crippen LogP) is 3.64. The lowest BCUT2D eigenvalue weighted by atomic mass is 10.2. The summed E-state index contributed by atoms with van der Waals surface area (Å²) in [6.45, 7) is 4.53.